The highest BCUT2D eigenvalue weighted by molar-refractivity contribution is 5.17. The SMILES string of the molecule is CCC1(C)CN(Cc2cccc(F)c2)C(C)(C)CN1. The number of rotatable bonds is 3. The summed E-state index contributed by atoms with van der Waals surface area (Å²) in [5, 5.41) is 3.65. The summed E-state index contributed by atoms with van der Waals surface area (Å²) < 4.78 is 13.3. The Kier molecular flexibility index (Phi) is 3.98. The Balaban J connectivity index is 2.16. The second kappa shape index (κ2) is 5.22. The first kappa shape index (κ1) is 14.5. The van der Waals surface area contributed by atoms with E-state index < -0.39 is 0 Å². The number of benzene rings is 1. The zero-order valence-electron chi connectivity index (χ0n) is 12.5. The van der Waals surface area contributed by atoms with Gasteiger partial charge < -0.3 is 5.32 Å². The monoisotopic (exact) mass is 264 g/mol. The number of nitrogens with zero attached hydrogens (tertiary/aromatic N) is 1. The third kappa shape index (κ3) is 3.34. The van der Waals surface area contributed by atoms with Crippen LogP contribution in [0.25, 0.3) is 0 Å². The Bertz CT molecular complexity index is 444. The molecule has 0 saturated carbocycles. The van der Waals surface area contributed by atoms with Gasteiger partial charge in [-0.25, -0.2) is 4.39 Å². The number of hydrogen-bond acceptors (Lipinski definition) is 2. The van der Waals surface area contributed by atoms with Crippen molar-refractivity contribution in [2.45, 2.75) is 51.7 Å². The van der Waals surface area contributed by atoms with Crippen molar-refractivity contribution in [2.24, 2.45) is 0 Å². The van der Waals surface area contributed by atoms with Crippen LogP contribution in [-0.4, -0.2) is 29.1 Å². The fraction of sp³-hybridized carbons (Fsp3) is 0.625. The van der Waals surface area contributed by atoms with Crippen LogP contribution >= 0.6 is 0 Å². The fourth-order valence-electron chi connectivity index (χ4n) is 2.60. The van der Waals surface area contributed by atoms with Crippen LogP contribution in [0.1, 0.15) is 39.7 Å². The van der Waals surface area contributed by atoms with Crippen LogP contribution < -0.4 is 5.32 Å². The van der Waals surface area contributed by atoms with Gasteiger partial charge in [0.25, 0.3) is 0 Å². The van der Waals surface area contributed by atoms with Crippen molar-refractivity contribution in [3.05, 3.63) is 35.6 Å². The minimum absolute atomic E-state index is 0.0982. The van der Waals surface area contributed by atoms with Gasteiger partial charge in [0, 0.05) is 30.7 Å². The van der Waals surface area contributed by atoms with Crippen LogP contribution in [0.5, 0.6) is 0 Å². The topological polar surface area (TPSA) is 15.3 Å². The normalized spacial score (nSPS) is 27.4. The lowest BCUT2D eigenvalue weighted by atomic mass is 9.88. The molecule has 2 rings (SSSR count). The maximum absolute atomic E-state index is 13.3. The van der Waals surface area contributed by atoms with Crippen molar-refractivity contribution in [3.8, 4) is 0 Å². The van der Waals surface area contributed by atoms with Gasteiger partial charge in [0.05, 0.1) is 0 Å². The third-order valence-corrected chi connectivity index (χ3v) is 4.39. The van der Waals surface area contributed by atoms with Gasteiger partial charge in [-0.2, -0.15) is 0 Å². The maximum Gasteiger partial charge on any atom is 0.123 e. The van der Waals surface area contributed by atoms with E-state index in [4.69, 9.17) is 0 Å². The average molecular weight is 264 g/mol. The highest BCUT2D eigenvalue weighted by Crippen LogP contribution is 2.27. The summed E-state index contributed by atoms with van der Waals surface area (Å²) in [6.45, 7) is 11.7. The van der Waals surface area contributed by atoms with Crippen molar-refractivity contribution in [2.75, 3.05) is 13.1 Å². The van der Waals surface area contributed by atoms with E-state index in [1.807, 2.05) is 6.07 Å². The zero-order chi connectivity index (χ0) is 14.1. The van der Waals surface area contributed by atoms with Crippen LogP contribution in [0.2, 0.25) is 0 Å². The van der Waals surface area contributed by atoms with E-state index in [0.717, 1.165) is 31.6 Å². The molecule has 2 nitrogen and oxygen atoms in total. The zero-order valence-corrected chi connectivity index (χ0v) is 12.5. The second-order valence-corrected chi connectivity index (χ2v) is 6.57. The van der Waals surface area contributed by atoms with E-state index in [1.54, 1.807) is 12.1 Å². The predicted octanol–water partition coefficient (Wildman–Crippen LogP) is 3.18. The smallest absolute Gasteiger partial charge is 0.123 e. The molecule has 0 spiro atoms. The first-order valence-corrected chi connectivity index (χ1v) is 7.09. The molecule has 19 heavy (non-hydrogen) atoms. The molecule has 106 valence electrons. The van der Waals surface area contributed by atoms with Crippen LogP contribution in [-0.2, 0) is 6.54 Å². The number of hydrogen-bond donors (Lipinski definition) is 1. The van der Waals surface area contributed by atoms with E-state index in [0.29, 0.717) is 0 Å². The molecular formula is C16H25FN2. The van der Waals surface area contributed by atoms with Gasteiger partial charge in [0.2, 0.25) is 0 Å². The van der Waals surface area contributed by atoms with Gasteiger partial charge >= 0.3 is 0 Å². The average Bonchev–Trinajstić information content (AvgIpc) is 2.35. The van der Waals surface area contributed by atoms with Crippen LogP contribution in [0, 0.1) is 5.82 Å². The van der Waals surface area contributed by atoms with Crippen molar-refractivity contribution in [3.63, 3.8) is 0 Å². The Labute approximate surface area is 116 Å². The number of halogens is 1. The molecule has 1 aromatic carbocycles. The number of nitrogens with one attached hydrogen (secondary N) is 1. The second-order valence-electron chi connectivity index (χ2n) is 6.57. The van der Waals surface area contributed by atoms with Crippen molar-refractivity contribution >= 4 is 0 Å². The van der Waals surface area contributed by atoms with Gasteiger partial charge in [-0.3, -0.25) is 4.90 Å². The molecular weight excluding hydrogens is 239 g/mol. The molecule has 1 fully saturated rings. The summed E-state index contributed by atoms with van der Waals surface area (Å²) in [6, 6.07) is 6.94. The quantitative estimate of drug-likeness (QED) is 0.902. The van der Waals surface area contributed by atoms with Gasteiger partial charge in [-0.15, -0.1) is 0 Å². The molecule has 1 atom stereocenters. The lowest BCUT2D eigenvalue weighted by Crippen LogP contribution is -2.66. The molecule has 1 aliphatic rings. The van der Waals surface area contributed by atoms with Gasteiger partial charge in [-0.1, -0.05) is 19.1 Å². The van der Waals surface area contributed by atoms with Crippen molar-refractivity contribution in [1.29, 1.82) is 0 Å². The molecule has 1 saturated heterocycles. The van der Waals surface area contributed by atoms with Gasteiger partial charge in [0.15, 0.2) is 0 Å². The molecule has 0 aliphatic carbocycles. The first-order valence-electron chi connectivity index (χ1n) is 7.09. The Morgan fingerprint density at radius 1 is 1.32 bits per heavy atom. The van der Waals surface area contributed by atoms with Crippen LogP contribution in [0.4, 0.5) is 4.39 Å². The molecule has 0 bridgehead atoms. The third-order valence-electron chi connectivity index (χ3n) is 4.39. The largest absolute Gasteiger partial charge is 0.308 e. The first-order chi connectivity index (χ1) is 8.85. The summed E-state index contributed by atoms with van der Waals surface area (Å²) in [5.41, 5.74) is 1.30. The fourth-order valence-corrected chi connectivity index (χ4v) is 2.60. The highest BCUT2D eigenvalue weighted by Gasteiger charge is 2.38. The Hall–Kier alpha value is -0.930. The van der Waals surface area contributed by atoms with E-state index in [-0.39, 0.29) is 16.9 Å². The predicted molar refractivity (Wildman–Crippen MR) is 77.6 cm³/mol. The van der Waals surface area contributed by atoms with Crippen LogP contribution in [0.15, 0.2) is 24.3 Å². The molecule has 1 aliphatic heterocycles. The number of piperazine rings is 1. The minimum atomic E-state index is -0.149. The summed E-state index contributed by atoms with van der Waals surface area (Å²) in [5.74, 6) is -0.149. The molecule has 3 heteroatoms. The summed E-state index contributed by atoms with van der Waals surface area (Å²) >= 11 is 0. The molecule has 0 aromatic heterocycles. The van der Waals surface area contributed by atoms with E-state index in [2.05, 4.69) is 37.9 Å². The van der Waals surface area contributed by atoms with Gasteiger partial charge in [0.1, 0.15) is 5.82 Å². The van der Waals surface area contributed by atoms with Crippen LogP contribution in [0.3, 0.4) is 0 Å². The van der Waals surface area contributed by atoms with Crippen molar-refractivity contribution in [1.82, 2.24) is 10.2 Å². The summed E-state index contributed by atoms with van der Waals surface area (Å²) in [6.07, 6.45) is 1.10. The summed E-state index contributed by atoms with van der Waals surface area (Å²) in [7, 11) is 0. The van der Waals surface area contributed by atoms with Crippen molar-refractivity contribution < 1.29 is 4.39 Å². The molecule has 0 radical (unpaired) electrons. The van der Waals surface area contributed by atoms with E-state index in [9.17, 15) is 4.39 Å². The highest BCUT2D eigenvalue weighted by atomic mass is 19.1. The minimum Gasteiger partial charge on any atom is -0.308 e. The molecule has 1 unspecified atom stereocenters. The van der Waals surface area contributed by atoms with E-state index in [1.165, 1.54) is 6.07 Å². The Morgan fingerprint density at radius 3 is 2.68 bits per heavy atom. The molecule has 0 amide bonds. The van der Waals surface area contributed by atoms with E-state index >= 15 is 0 Å². The lowest BCUT2D eigenvalue weighted by molar-refractivity contribution is 0.0245. The lowest BCUT2D eigenvalue weighted by Gasteiger charge is -2.50. The standard InChI is InChI=1S/C16H25FN2/c1-5-16(4)12-19(15(2,3)11-18-16)10-13-7-6-8-14(17)9-13/h6-9,18H,5,10-12H2,1-4H3. The summed E-state index contributed by atoms with van der Waals surface area (Å²) in [4.78, 5) is 2.46. The molecule has 1 aromatic rings. The maximum atomic E-state index is 13.3. The molecule has 1 heterocycles. The van der Waals surface area contributed by atoms with Gasteiger partial charge in [-0.05, 0) is 44.9 Å². The Morgan fingerprint density at radius 2 is 2.05 bits per heavy atom. The molecule has 1 N–H and O–H groups in total.